The van der Waals surface area contributed by atoms with Crippen LogP contribution in [0.1, 0.15) is 29.6 Å². The van der Waals surface area contributed by atoms with Gasteiger partial charge in [0.25, 0.3) is 0 Å². The second kappa shape index (κ2) is 6.28. The van der Waals surface area contributed by atoms with Crippen LogP contribution in [0.25, 0.3) is 11.3 Å². The average molecular weight is 288 g/mol. The molecule has 3 aromatic rings. The first-order valence-corrected chi connectivity index (χ1v) is 7.27. The fourth-order valence-electron chi connectivity index (χ4n) is 2.19. The monoisotopic (exact) mass is 288 g/mol. The quantitative estimate of drug-likeness (QED) is 0.669. The van der Waals surface area contributed by atoms with E-state index in [-0.39, 0.29) is 0 Å². The summed E-state index contributed by atoms with van der Waals surface area (Å²) in [5, 5.41) is 4.13. The van der Waals surface area contributed by atoms with Gasteiger partial charge in [0.2, 0.25) is 0 Å². The zero-order valence-corrected chi connectivity index (χ0v) is 12.6. The number of nitrogens with zero attached hydrogens (tertiary/aromatic N) is 2. The van der Waals surface area contributed by atoms with Crippen molar-refractivity contribution in [1.82, 2.24) is 10.1 Å². The van der Waals surface area contributed by atoms with Gasteiger partial charge in [-0.15, -0.1) is 0 Å². The van der Waals surface area contributed by atoms with Crippen molar-refractivity contribution in [3.63, 3.8) is 0 Å². The van der Waals surface area contributed by atoms with Gasteiger partial charge in [-0.05, 0) is 31.4 Å². The lowest BCUT2D eigenvalue weighted by Gasteiger charge is -1.96. The van der Waals surface area contributed by atoms with E-state index < -0.39 is 0 Å². The lowest BCUT2D eigenvalue weighted by Crippen LogP contribution is -1.89. The van der Waals surface area contributed by atoms with E-state index >= 15 is 0 Å². The second-order valence-electron chi connectivity index (χ2n) is 4.95. The predicted molar refractivity (Wildman–Crippen MR) is 86.3 cm³/mol. The molecular formula is C19H16N2O. The third-order valence-corrected chi connectivity index (χ3v) is 3.39. The normalized spacial score (nSPS) is 10.1. The van der Waals surface area contributed by atoms with Gasteiger partial charge in [0.15, 0.2) is 0 Å². The number of aryl methyl sites for hydroxylation is 2. The second-order valence-corrected chi connectivity index (χ2v) is 4.95. The minimum atomic E-state index is 0.720. The van der Waals surface area contributed by atoms with Gasteiger partial charge in [0, 0.05) is 11.3 Å². The first kappa shape index (κ1) is 14.1. The SMILES string of the molecule is CCc1cccc(C#Cc2c(-c3ccccc3)noc2C)n1. The Kier molecular flexibility index (Phi) is 4.02. The summed E-state index contributed by atoms with van der Waals surface area (Å²) in [6.45, 7) is 3.95. The largest absolute Gasteiger partial charge is 0.360 e. The van der Waals surface area contributed by atoms with E-state index in [1.165, 1.54) is 0 Å². The van der Waals surface area contributed by atoms with Gasteiger partial charge in [-0.1, -0.05) is 54.4 Å². The van der Waals surface area contributed by atoms with E-state index in [0.29, 0.717) is 0 Å². The summed E-state index contributed by atoms with van der Waals surface area (Å²) in [5.74, 6) is 6.99. The van der Waals surface area contributed by atoms with Crippen molar-refractivity contribution in [2.24, 2.45) is 0 Å². The van der Waals surface area contributed by atoms with E-state index in [9.17, 15) is 0 Å². The van der Waals surface area contributed by atoms with Crippen molar-refractivity contribution in [3.05, 3.63) is 71.2 Å². The number of aromatic nitrogens is 2. The molecule has 0 fully saturated rings. The standard InChI is InChI=1S/C19H16N2O/c1-3-16-10-7-11-17(20-16)12-13-18-14(2)22-21-19(18)15-8-5-4-6-9-15/h4-11H,3H2,1-2H3. The van der Waals surface area contributed by atoms with E-state index in [0.717, 1.165) is 40.4 Å². The van der Waals surface area contributed by atoms with E-state index in [2.05, 4.69) is 28.9 Å². The van der Waals surface area contributed by atoms with Crippen LogP contribution in [0, 0.1) is 18.8 Å². The van der Waals surface area contributed by atoms with Crippen LogP contribution in [-0.4, -0.2) is 10.1 Å². The molecule has 0 radical (unpaired) electrons. The molecule has 0 saturated heterocycles. The maximum Gasteiger partial charge on any atom is 0.149 e. The number of pyridine rings is 1. The molecule has 0 bridgehead atoms. The molecule has 1 aromatic carbocycles. The number of rotatable bonds is 2. The molecule has 0 aliphatic heterocycles. The van der Waals surface area contributed by atoms with Crippen LogP contribution in [0.3, 0.4) is 0 Å². The molecule has 0 saturated carbocycles. The van der Waals surface area contributed by atoms with Gasteiger partial charge in [-0.25, -0.2) is 4.98 Å². The average Bonchev–Trinajstić information content (AvgIpc) is 2.95. The predicted octanol–water partition coefficient (Wildman–Crippen LogP) is 4.01. The highest BCUT2D eigenvalue weighted by Gasteiger charge is 2.12. The van der Waals surface area contributed by atoms with Crippen molar-refractivity contribution >= 4 is 0 Å². The Morgan fingerprint density at radius 2 is 1.82 bits per heavy atom. The highest BCUT2D eigenvalue weighted by molar-refractivity contribution is 5.68. The first-order chi connectivity index (χ1) is 10.8. The molecule has 0 N–H and O–H groups in total. The molecule has 2 heterocycles. The van der Waals surface area contributed by atoms with Gasteiger partial charge in [0.1, 0.15) is 17.1 Å². The summed E-state index contributed by atoms with van der Waals surface area (Å²) >= 11 is 0. The highest BCUT2D eigenvalue weighted by Crippen LogP contribution is 2.24. The van der Waals surface area contributed by atoms with Crippen LogP contribution in [-0.2, 0) is 6.42 Å². The van der Waals surface area contributed by atoms with Gasteiger partial charge in [-0.3, -0.25) is 0 Å². The van der Waals surface area contributed by atoms with E-state index in [1.807, 2.05) is 55.5 Å². The van der Waals surface area contributed by atoms with Crippen LogP contribution < -0.4 is 0 Å². The Morgan fingerprint density at radius 1 is 1.00 bits per heavy atom. The fourth-order valence-corrected chi connectivity index (χ4v) is 2.19. The Hall–Kier alpha value is -2.86. The zero-order valence-electron chi connectivity index (χ0n) is 12.6. The molecule has 2 aromatic heterocycles. The van der Waals surface area contributed by atoms with Crippen LogP contribution >= 0.6 is 0 Å². The van der Waals surface area contributed by atoms with Crippen molar-refractivity contribution < 1.29 is 4.52 Å². The Morgan fingerprint density at radius 3 is 2.59 bits per heavy atom. The molecule has 108 valence electrons. The third kappa shape index (κ3) is 2.91. The molecule has 0 unspecified atom stereocenters. The van der Waals surface area contributed by atoms with Gasteiger partial charge < -0.3 is 4.52 Å². The summed E-state index contributed by atoms with van der Waals surface area (Å²) in [7, 11) is 0. The summed E-state index contributed by atoms with van der Waals surface area (Å²) in [6.07, 6.45) is 0.900. The number of benzene rings is 1. The first-order valence-electron chi connectivity index (χ1n) is 7.27. The third-order valence-electron chi connectivity index (χ3n) is 3.39. The molecule has 3 nitrogen and oxygen atoms in total. The van der Waals surface area contributed by atoms with Gasteiger partial charge in [-0.2, -0.15) is 0 Å². The summed E-state index contributed by atoms with van der Waals surface area (Å²) in [4.78, 5) is 4.50. The summed E-state index contributed by atoms with van der Waals surface area (Å²) < 4.78 is 5.31. The minimum Gasteiger partial charge on any atom is -0.360 e. The Bertz CT molecular complexity index is 839. The van der Waals surface area contributed by atoms with Gasteiger partial charge >= 0.3 is 0 Å². The van der Waals surface area contributed by atoms with Crippen LogP contribution in [0.5, 0.6) is 0 Å². The lowest BCUT2D eigenvalue weighted by atomic mass is 10.1. The molecular weight excluding hydrogens is 272 g/mol. The maximum atomic E-state index is 5.31. The molecule has 0 aliphatic carbocycles. The summed E-state index contributed by atoms with van der Waals surface area (Å²) in [6, 6.07) is 15.8. The maximum absolute atomic E-state index is 5.31. The van der Waals surface area contributed by atoms with Crippen molar-refractivity contribution in [3.8, 4) is 23.1 Å². The smallest absolute Gasteiger partial charge is 0.149 e. The molecule has 0 atom stereocenters. The molecule has 3 rings (SSSR count). The lowest BCUT2D eigenvalue weighted by molar-refractivity contribution is 0.399. The van der Waals surface area contributed by atoms with Crippen molar-refractivity contribution in [1.29, 1.82) is 0 Å². The van der Waals surface area contributed by atoms with Gasteiger partial charge in [0.05, 0.1) is 5.56 Å². The Labute approximate surface area is 130 Å². The molecule has 22 heavy (non-hydrogen) atoms. The number of hydrogen-bond donors (Lipinski definition) is 0. The summed E-state index contributed by atoms with van der Waals surface area (Å²) in [5.41, 5.74) is 4.39. The highest BCUT2D eigenvalue weighted by atomic mass is 16.5. The van der Waals surface area contributed by atoms with Crippen LogP contribution in [0.4, 0.5) is 0 Å². The number of hydrogen-bond acceptors (Lipinski definition) is 3. The van der Waals surface area contributed by atoms with Crippen LogP contribution in [0.15, 0.2) is 53.1 Å². The topological polar surface area (TPSA) is 38.9 Å². The molecule has 0 spiro atoms. The van der Waals surface area contributed by atoms with Crippen LogP contribution in [0.2, 0.25) is 0 Å². The molecule has 0 amide bonds. The van der Waals surface area contributed by atoms with Crippen molar-refractivity contribution in [2.75, 3.05) is 0 Å². The van der Waals surface area contributed by atoms with E-state index in [1.54, 1.807) is 0 Å². The Balaban J connectivity index is 2.00. The molecule has 3 heteroatoms. The zero-order chi connectivity index (χ0) is 15.4. The van der Waals surface area contributed by atoms with E-state index in [4.69, 9.17) is 4.52 Å². The molecule has 0 aliphatic rings. The minimum absolute atomic E-state index is 0.720. The van der Waals surface area contributed by atoms with Crippen molar-refractivity contribution in [2.45, 2.75) is 20.3 Å². The fraction of sp³-hybridized carbons (Fsp3) is 0.158.